The Morgan fingerprint density at radius 2 is 1.94 bits per heavy atom. The lowest BCUT2D eigenvalue weighted by Gasteiger charge is -2.06. The van der Waals surface area contributed by atoms with Crippen LogP contribution in [0.5, 0.6) is 5.75 Å². The molecule has 2 aromatic rings. The second kappa shape index (κ2) is 3.99. The number of benzene rings is 2. The fraction of sp³-hybridized carbons (Fsp3) is 0.214. The van der Waals surface area contributed by atoms with E-state index in [0.29, 0.717) is 0 Å². The number of nitrogens with zero attached hydrogens (tertiary/aromatic N) is 1. The second-order valence-corrected chi connectivity index (χ2v) is 4.63. The van der Waals surface area contributed by atoms with Crippen molar-refractivity contribution in [2.45, 2.75) is 6.54 Å². The number of hydrogen-bond donors (Lipinski definition) is 2. The molecule has 92 valence electrons. The Bertz CT molecular complexity index is 632. The third-order valence-corrected chi connectivity index (χ3v) is 3.20. The molecule has 0 atom stereocenters. The average molecular weight is 243 g/mol. The first-order valence-electron chi connectivity index (χ1n) is 5.85. The van der Waals surface area contributed by atoms with Gasteiger partial charge in [-0.15, -0.1) is 0 Å². The zero-order valence-corrected chi connectivity index (χ0v) is 9.76. The van der Waals surface area contributed by atoms with E-state index in [9.17, 15) is 9.90 Å². The number of phenols is 1. The highest BCUT2D eigenvalue weighted by atomic mass is 16.4. The number of aromatic carboxylic acids is 1. The van der Waals surface area contributed by atoms with Gasteiger partial charge in [-0.05, 0) is 34.5 Å². The topological polar surface area (TPSA) is 60.5 Å². The van der Waals surface area contributed by atoms with Gasteiger partial charge in [0.15, 0.2) is 0 Å². The highest BCUT2D eigenvalue weighted by Crippen LogP contribution is 2.26. The summed E-state index contributed by atoms with van der Waals surface area (Å²) >= 11 is 0. The SMILES string of the molecule is O=C(O)c1cc2cc(CN3CC3)ccc2cc1O. The summed E-state index contributed by atoms with van der Waals surface area (Å²) in [6.07, 6.45) is 0. The number of rotatable bonds is 3. The lowest BCUT2D eigenvalue weighted by molar-refractivity contribution is 0.0694. The van der Waals surface area contributed by atoms with Crippen LogP contribution >= 0.6 is 0 Å². The van der Waals surface area contributed by atoms with Gasteiger partial charge >= 0.3 is 5.97 Å². The third-order valence-electron chi connectivity index (χ3n) is 3.20. The molecule has 1 saturated heterocycles. The summed E-state index contributed by atoms with van der Waals surface area (Å²) in [6, 6.07) is 8.94. The first-order chi connectivity index (χ1) is 8.63. The largest absolute Gasteiger partial charge is 0.507 e. The molecule has 0 aliphatic carbocycles. The fourth-order valence-corrected chi connectivity index (χ4v) is 2.09. The van der Waals surface area contributed by atoms with Gasteiger partial charge in [-0.2, -0.15) is 0 Å². The van der Waals surface area contributed by atoms with E-state index in [1.807, 2.05) is 18.2 Å². The Balaban J connectivity index is 2.07. The maximum Gasteiger partial charge on any atom is 0.339 e. The number of aromatic hydroxyl groups is 1. The van der Waals surface area contributed by atoms with Crippen molar-refractivity contribution in [3.05, 3.63) is 41.5 Å². The second-order valence-electron chi connectivity index (χ2n) is 4.63. The molecule has 4 nitrogen and oxygen atoms in total. The standard InChI is InChI=1S/C14H13NO3/c16-13-7-10-2-1-9(8-15-3-4-15)5-11(10)6-12(13)14(17)18/h1-2,5-7,16H,3-4,8H2,(H,17,18). The molecule has 1 aliphatic heterocycles. The van der Waals surface area contributed by atoms with E-state index in [1.54, 1.807) is 0 Å². The summed E-state index contributed by atoms with van der Waals surface area (Å²) < 4.78 is 0. The monoisotopic (exact) mass is 243 g/mol. The van der Waals surface area contributed by atoms with Crippen molar-refractivity contribution in [2.24, 2.45) is 0 Å². The number of hydrogen-bond acceptors (Lipinski definition) is 3. The highest BCUT2D eigenvalue weighted by molar-refractivity contribution is 5.97. The Morgan fingerprint density at radius 3 is 2.61 bits per heavy atom. The quantitative estimate of drug-likeness (QED) is 0.810. The Morgan fingerprint density at radius 1 is 1.17 bits per heavy atom. The van der Waals surface area contributed by atoms with Gasteiger partial charge < -0.3 is 10.2 Å². The maximum atomic E-state index is 11.0. The molecule has 3 rings (SSSR count). The van der Waals surface area contributed by atoms with Crippen molar-refractivity contribution in [1.82, 2.24) is 4.90 Å². The summed E-state index contributed by atoms with van der Waals surface area (Å²) in [5.41, 5.74) is 1.12. The van der Waals surface area contributed by atoms with E-state index >= 15 is 0 Å². The third kappa shape index (κ3) is 2.02. The number of carboxylic acids is 1. The molecule has 2 N–H and O–H groups in total. The highest BCUT2D eigenvalue weighted by Gasteiger charge is 2.17. The van der Waals surface area contributed by atoms with Crippen LogP contribution in [0.4, 0.5) is 0 Å². The summed E-state index contributed by atoms with van der Waals surface area (Å²) in [5.74, 6) is -1.29. The predicted octanol–water partition coefficient (Wildman–Crippen LogP) is 2.06. The number of fused-ring (bicyclic) bond motifs is 1. The predicted molar refractivity (Wildman–Crippen MR) is 67.8 cm³/mol. The van der Waals surface area contributed by atoms with E-state index in [0.717, 1.165) is 30.4 Å². The molecular formula is C14H13NO3. The summed E-state index contributed by atoms with van der Waals surface area (Å²) in [4.78, 5) is 13.3. The molecule has 2 aromatic carbocycles. The number of carboxylic acid groups (broad SMARTS) is 1. The Hall–Kier alpha value is -2.07. The summed E-state index contributed by atoms with van der Waals surface area (Å²) in [7, 11) is 0. The van der Waals surface area contributed by atoms with Gasteiger partial charge in [-0.3, -0.25) is 4.90 Å². The first kappa shape index (κ1) is 11.0. The van der Waals surface area contributed by atoms with Crippen LogP contribution in [0.2, 0.25) is 0 Å². The van der Waals surface area contributed by atoms with E-state index in [1.165, 1.54) is 17.7 Å². The minimum absolute atomic E-state index is 0.0496. The van der Waals surface area contributed by atoms with Crippen molar-refractivity contribution in [3.8, 4) is 5.75 Å². The molecule has 1 heterocycles. The van der Waals surface area contributed by atoms with Crippen LogP contribution in [0, 0.1) is 0 Å². The van der Waals surface area contributed by atoms with Gasteiger partial charge in [0.1, 0.15) is 11.3 Å². The van der Waals surface area contributed by atoms with E-state index in [2.05, 4.69) is 4.90 Å². The smallest absolute Gasteiger partial charge is 0.339 e. The van der Waals surface area contributed by atoms with Gasteiger partial charge in [0, 0.05) is 19.6 Å². The molecule has 18 heavy (non-hydrogen) atoms. The normalized spacial score (nSPS) is 14.9. The Labute approximate surface area is 104 Å². The molecule has 1 aliphatic rings. The van der Waals surface area contributed by atoms with Gasteiger partial charge in [-0.1, -0.05) is 12.1 Å². The molecule has 0 aromatic heterocycles. The Kier molecular flexibility index (Phi) is 2.45. The minimum atomic E-state index is -1.11. The maximum absolute atomic E-state index is 11.0. The average Bonchev–Trinajstić information content (AvgIpc) is 3.12. The van der Waals surface area contributed by atoms with Gasteiger partial charge in [0.25, 0.3) is 0 Å². The zero-order chi connectivity index (χ0) is 12.7. The van der Waals surface area contributed by atoms with Crippen molar-refractivity contribution < 1.29 is 15.0 Å². The van der Waals surface area contributed by atoms with Crippen LogP contribution in [0.3, 0.4) is 0 Å². The molecule has 0 spiro atoms. The summed E-state index contributed by atoms with van der Waals surface area (Å²) in [5, 5.41) is 20.3. The molecule has 0 bridgehead atoms. The molecule has 0 unspecified atom stereocenters. The van der Waals surface area contributed by atoms with Crippen molar-refractivity contribution >= 4 is 16.7 Å². The van der Waals surface area contributed by atoms with Gasteiger partial charge in [0.2, 0.25) is 0 Å². The van der Waals surface area contributed by atoms with E-state index < -0.39 is 5.97 Å². The van der Waals surface area contributed by atoms with E-state index in [4.69, 9.17) is 5.11 Å². The van der Waals surface area contributed by atoms with Crippen LogP contribution in [0.25, 0.3) is 10.8 Å². The minimum Gasteiger partial charge on any atom is -0.507 e. The molecular weight excluding hydrogens is 230 g/mol. The van der Waals surface area contributed by atoms with Crippen molar-refractivity contribution in [1.29, 1.82) is 0 Å². The van der Waals surface area contributed by atoms with Crippen LogP contribution in [-0.2, 0) is 6.54 Å². The molecule has 0 saturated carbocycles. The van der Waals surface area contributed by atoms with Crippen LogP contribution in [0.1, 0.15) is 15.9 Å². The number of carbonyl (C=O) groups is 1. The lowest BCUT2D eigenvalue weighted by atomic mass is 10.0. The van der Waals surface area contributed by atoms with Gasteiger partial charge in [-0.25, -0.2) is 4.79 Å². The first-order valence-corrected chi connectivity index (χ1v) is 5.85. The zero-order valence-electron chi connectivity index (χ0n) is 9.76. The van der Waals surface area contributed by atoms with Crippen LogP contribution in [-0.4, -0.2) is 34.2 Å². The molecule has 0 radical (unpaired) electrons. The van der Waals surface area contributed by atoms with Crippen molar-refractivity contribution in [3.63, 3.8) is 0 Å². The molecule has 4 heteroatoms. The van der Waals surface area contributed by atoms with Crippen LogP contribution in [0.15, 0.2) is 30.3 Å². The fourth-order valence-electron chi connectivity index (χ4n) is 2.09. The molecule has 0 amide bonds. The van der Waals surface area contributed by atoms with Crippen LogP contribution < -0.4 is 0 Å². The van der Waals surface area contributed by atoms with E-state index in [-0.39, 0.29) is 11.3 Å². The lowest BCUT2D eigenvalue weighted by Crippen LogP contribution is -1.98. The molecule has 1 fully saturated rings. The van der Waals surface area contributed by atoms with Crippen molar-refractivity contribution in [2.75, 3.05) is 13.1 Å². The van der Waals surface area contributed by atoms with Gasteiger partial charge in [0.05, 0.1) is 0 Å². The summed E-state index contributed by atoms with van der Waals surface area (Å²) in [6.45, 7) is 3.17.